The third-order valence-corrected chi connectivity index (χ3v) is 8.32. The lowest BCUT2D eigenvalue weighted by atomic mass is 10.0. The number of nitrogens with two attached hydrogens (primary N) is 1. The number of nitriles is 1. The monoisotopic (exact) mass is 596 g/mol. The highest BCUT2D eigenvalue weighted by Crippen LogP contribution is 2.36. The molecule has 44 heavy (non-hydrogen) atoms. The number of fused-ring (bicyclic) bond motifs is 1. The van der Waals surface area contributed by atoms with Crippen molar-refractivity contribution >= 4 is 22.8 Å². The van der Waals surface area contributed by atoms with E-state index in [9.17, 15) is 10.1 Å². The fourth-order valence-electron chi connectivity index (χ4n) is 5.63. The number of aromatic nitrogens is 4. The van der Waals surface area contributed by atoms with E-state index in [1.807, 2.05) is 32.2 Å². The van der Waals surface area contributed by atoms with Gasteiger partial charge in [-0.25, -0.2) is 19.0 Å². The Morgan fingerprint density at radius 1 is 1.23 bits per heavy atom. The van der Waals surface area contributed by atoms with Gasteiger partial charge in [-0.15, -0.1) is 0 Å². The molecule has 4 heterocycles. The zero-order valence-corrected chi connectivity index (χ0v) is 24.6. The second kappa shape index (κ2) is 12.4. The van der Waals surface area contributed by atoms with Crippen LogP contribution in [0.5, 0.6) is 11.5 Å². The molecule has 0 bridgehead atoms. The number of carbonyl (C=O) groups is 1. The van der Waals surface area contributed by atoms with Gasteiger partial charge in [0, 0.05) is 30.8 Å². The van der Waals surface area contributed by atoms with Gasteiger partial charge in [-0.1, -0.05) is 18.2 Å². The average Bonchev–Trinajstić information content (AvgIpc) is 3.40. The van der Waals surface area contributed by atoms with Crippen molar-refractivity contribution in [2.45, 2.75) is 37.9 Å². The van der Waals surface area contributed by atoms with Gasteiger partial charge in [0.15, 0.2) is 5.65 Å². The molecular weight excluding hydrogens is 563 g/mol. The van der Waals surface area contributed by atoms with Gasteiger partial charge >= 0.3 is 0 Å². The van der Waals surface area contributed by atoms with E-state index in [1.54, 1.807) is 39.9 Å². The average molecular weight is 597 g/mol. The van der Waals surface area contributed by atoms with Gasteiger partial charge in [0.25, 0.3) is 5.91 Å². The molecule has 2 aliphatic heterocycles. The summed E-state index contributed by atoms with van der Waals surface area (Å²) in [6, 6.07) is 15.7. The highest BCUT2D eigenvalue weighted by Gasteiger charge is 2.32. The molecule has 0 spiro atoms. The van der Waals surface area contributed by atoms with Crippen molar-refractivity contribution in [1.82, 2.24) is 29.5 Å². The van der Waals surface area contributed by atoms with Crippen LogP contribution in [0.3, 0.4) is 0 Å². The number of hydrogen-bond acceptors (Lipinski definition) is 9. The molecule has 4 aromatic rings. The van der Waals surface area contributed by atoms with E-state index in [-0.39, 0.29) is 41.0 Å². The standard InChI is InChI=1S/C32H33FN8O3/c1-20(39(2)23-17-43-18-23)13-21(15-34)32(42)40-12-6-7-22(16-40)41-31-28(30(35)36-19-37-31)29(38-41)26-11-10-25(14-27(26)33)44-24-8-4-3-5-9-24/h3-5,8-11,13-14,19-20,22-23H,6-7,12,16-18H2,1-2H3,(H2,35,36,37)/t20?,22-/m0/s1. The Labute approximate surface area is 254 Å². The van der Waals surface area contributed by atoms with Gasteiger partial charge in [-0.05, 0) is 57.2 Å². The number of piperidine rings is 1. The first-order chi connectivity index (χ1) is 21.3. The van der Waals surface area contributed by atoms with Gasteiger partial charge in [0.1, 0.15) is 46.8 Å². The van der Waals surface area contributed by atoms with Crippen molar-refractivity contribution in [2.24, 2.45) is 0 Å². The lowest BCUT2D eigenvalue weighted by molar-refractivity contribution is -0.128. The first-order valence-corrected chi connectivity index (χ1v) is 14.6. The maximum absolute atomic E-state index is 15.6. The zero-order chi connectivity index (χ0) is 30.8. The summed E-state index contributed by atoms with van der Waals surface area (Å²) in [7, 11) is 1.96. The van der Waals surface area contributed by atoms with Crippen LogP contribution in [-0.2, 0) is 9.53 Å². The number of amides is 1. The second-order valence-electron chi connectivity index (χ2n) is 11.1. The molecular formula is C32H33FN8O3. The van der Waals surface area contributed by atoms with E-state index in [0.717, 1.165) is 0 Å². The fourth-order valence-corrected chi connectivity index (χ4v) is 5.63. The number of rotatable bonds is 8. The Kier molecular flexibility index (Phi) is 8.23. The van der Waals surface area contributed by atoms with E-state index in [0.29, 0.717) is 67.4 Å². The largest absolute Gasteiger partial charge is 0.457 e. The minimum absolute atomic E-state index is 0.0997. The topological polar surface area (TPSA) is 135 Å². The van der Waals surface area contributed by atoms with Crippen molar-refractivity contribution in [3.05, 3.63) is 72.3 Å². The van der Waals surface area contributed by atoms with Crippen molar-refractivity contribution in [2.75, 3.05) is 39.1 Å². The number of benzene rings is 2. The first-order valence-electron chi connectivity index (χ1n) is 14.6. The summed E-state index contributed by atoms with van der Waals surface area (Å²) in [5, 5.41) is 15.1. The molecule has 2 atom stereocenters. The van der Waals surface area contributed by atoms with Crippen LogP contribution in [-0.4, -0.2) is 80.9 Å². The normalized spacial score (nSPS) is 18.2. The molecule has 2 fully saturated rings. The molecule has 226 valence electrons. The van der Waals surface area contributed by atoms with Crippen molar-refractivity contribution < 1.29 is 18.7 Å². The van der Waals surface area contributed by atoms with E-state index < -0.39 is 5.82 Å². The third kappa shape index (κ3) is 5.71. The minimum Gasteiger partial charge on any atom is -0.457 e. The van der Waals surface area contributed by atoms with Gasteiger partial charge in [0.05, 0.1) is 30.7 Å². The number of halogens is 1. The molecule has 1 amide bonds. The molecule has 6 rings (SSSR count). The number of hydrogen-bond donors (Lipinski definition) is 1. The van der Waals surface area contributed by atoms with Crippen LogP contribution >= 0.6 is 0 Å². The number of anilines is 1. The molecule has 2 N–H and O–H groups in total. The van der Waals surface area contributed by atoms with Gasteiger partial charge in [-0.2, -0.15) is 10.4 Å². The van der Waals surface area contributed by atoms with Crippen LogP contribution in [0.1, 0.15) is 25.8 Å². The number of likely N-dealkylation sites (N-methyl/N-ethyl adjacent to an activating group) is 1. The molecule has 1 unspecified atom stereocenters. The summed E-state index contributed by atoms with van der Waals surface area (Å²) in [4.78, 5) is 25.9. The lowest BCUT2D eigenvalue weighted by Gasteiger charge is -2.37. The number of nitrogen functional groups attached to an aromatic ring is 1. The SMILES string of the molecule is CC(C=C(C#N)C(=O)N1CCC[C@H](n2nc(-c3ccc(Oc4ccccc4)cc3F)c3c(N)ncnc32)C1)N(C)C1COC1. The maximum Gasteiger partial charge on any atom is 0.264 e. The molecule has 11 nitrogen and oxygen atoms in total. The molecule has 2 aromatic heterocycles. The van der Waals surface area contributed by atoms with Gasteiger partial charge < -0.3 is 20.1 Å². The van der Waals surface area contributed by atoms with E-state index >= 15 is 4.39 Å². The zero-order valence-electron chi connectivity index (χ0n) is 24.6. The molecule has 2 aliphatic rings. The smallest absolute Gasteiger partial charge is 0.264 e. The summed E-state index contributed by atoms with van der Waals surface area (Å²) in [5.41, 5.74) is 7.37. The van der Waals surface area contributed by atoms with Crippen molar-refractivity contribution in [1.29, 1.82) is 5.26 Å². The van der Waals surface area contributed by atoms with E-state index in [1.165, 1.54) is 12.4 Å². The highest BCUT2D eigenvalue weighted by molar-refractivity contribution is 5.99. The first kappa shape index (κ1) is 29.2. The van der Waals surface area contributed by atoms with E-state index in [4.69, 9.17) is 20.3 Å². The molecule has 0 radical (unpaired) electrons. The summed E-state index contributed by atoms with van der Waals surface area (Å²) in [6.07, 6.45) is 4.47. The van der Waals surface area contributed by atoms with E-state index in [2.05, 4.69) is 20.9 Å². The van der Waals surface area contributed by atoms with Crippen molar-refractivity contribution in [3.8, 4) is 28.8 Å². The summed E-state index contributed by atoms with van der Waals surface area (Å²) < 4.78 is 28.4. The van der Waals surface area contributed by atoms with Gasteiger partial charge in [-0.3, -0.25) is 9.69 Å². The van der Waals surface area contributed by atoms with Crippen LogP contribution in [0, 0.1) is 17.1 Å². The highest BCUT2D eigenvalue weighted by atomic mass is 19.1. The van der Waals surface area contributed by atoms with Crippen molar-refractivity contribution in [3.63, 3.8) is 0 Å². The quantitative estimate of drug-likeness (QED) is 0.233. The predicted molar refractivity (Wildman–Crippen MR) is 162 cm³/mol. The fraction of sp³-hybridized carbons (Fsp3) is 0.344. The van der Waals surface area contributed by atoms with Crippen LogP contribution in [0.25, 0.3) is 22.3 Å². The van der Waals surface area contributed by atoms with Crippen LogP contribution in [0.4, 0.5) is 10.2 Å². The number of likely N-dealkylation sites (tertiary alicyclic amines) is 1. The number of nitrogens with zero attached hydrogens (tertiary/aromatic N) is 7. The molecule has 0 saturated carbocycles. The number of carbonyl (C=O) groups excluding carboxylic acids is 1. The minimum atomic E-state index is -0.537. The Hall–Kier alpha value is -4.86. The summed E-state index contributed by atoms with van der Waals surface area (Å²) in [6.45, 7) is 4.06. The van der Waals surface area contributed by atoms with Gasteiger partial charge in [0.2, 0.25) is 0 Å². The predicted octanol–water partition coefficient (Wildman–Crippen LogP) is 4.34. The number of ether oxygens (including phenoxy) is 2. The Balaban J connectivity index is 1.27. The number of para-hydroxylation sites is 1. The molecule has 2 saturated heterocycles. The Morgan fingerprint density at radius 2 is 2.02 bits per heavy atom. The molecule has 2 aromatic carbocycles. The molecule has 0 aliphatic carbocycles. The lowest BCUT2D eigenvalue weighted by Crippen LogP contribution is -2.50. The summed E-state index contributed by atoms with van der Waals surface area (Å²) in [5.74, 6) is 0.244. The molecule has 12 heteroatoms. The summed E-state index contributed by atoms with van der Waals surface area (Å²) >= 11 is 0. The van der Waals surface area contributed by atoms with Crippen LogP contribution in [0.2, 0.25) is 0 Å². The van der Waals surface area contributed by atoms with Crippen LogP contribution in [0.15, 0.2) is 66.5 Å². The second-order valence-corrected chi connectivity index (χ2v) is 11.1. The maximum atomic E-state index is 15.6. The Bertz CT molecular complexity index is 1750. The Morgan fingerprint density at radius 3 is 2.73 bits per heavy atom. The van der Waals surface area contributed by atoms with Crippen LogP contribution < -0.4 is 10.5 Å². The third-order valence-electron chi connectivity index (χ3n) is 8.32.